The summed E-state index contributed by atoms with van der Waals surface area (Å²) in [5.41, 5.74) is 1.20. The summed E-state index contributed by atoms with van der Waals surface area (Å²) >= 11 is 0. The Morgan fingerprint density at radius 2 is 1.52 bits per heavy atom. The highest BCUT2D eigenvalue weighted by Gasteiger charge is 2.49. The van der Waals surface area contributed by atoms with Gasteiger partial charge in [0.05, 0.1) is 0 Å². The van der Waals surface area contributed by atoms with Crippen LogP contribution < -0.4 is 5.32 Å². The number of fused-ring (bicyclic) bond motifs is 4. The summed E-state index contributed by atoms with van der Waals surface area (Å²) in [7, 11) is 0. The van der Waals surface area contributed by atoms with Crippen molar-refractivity contribution in [1.29, 1.82) is 0 Å². The fraction of sp³-hybridized carbons (Fsp3) is 1.00. The van der Waals surface area contributed by atoms with E-state index in [4.69, 9.17) is 0 Å². The molecular formula is C20H37N. The molecule has 1 saturated heterocycles. The summed E-state index contributed by atoms with van der Waals surface area (Å²) < 4.78 is 0. The van der Waals surface area contributed by atoms with Gasteiger partial charge in [0.15, 0.2) is 0 Å². The molecule has 2 unspecified atom stereocenters. The zero-order valence-corrected chi connectivity index (χ0v) is 14.6. The largest absolute Gasteiger partial charge is 0.313 e. The van der Waals surface area contributed by atoms with Gasteiger partial charge in [0.2, 0.25) is 0 Å². The van der Waals surface area contributed by atoms with Crippen LogP contribution in [0.2, 0.25) is 0 Å². The minimum Gasteiger partial charge on any atom is -0.313 e. The van der Waals surface area contributed by atoms with Crippen LogP contribution in [0.3, 0.4) is 0 Å². The highest BCUT2D eigenvalue weighted by molar-refractivity contribution is 5.03. The molecule has 21 heavy (non-hydrogen) atoms. The van der Waals surface area contributed by atoms with E-state index in [1.807, 2.05) is 0 Å². The Bertz CT molecular complexity index is 339. The second-order valence-electron chi connectivity index (χ2n) is 9.15. The average Bonchev–Trinajstić information content (AvgIpc) is 2.41. The van der Waals surface area contributed by atoms with E-state index in [9.17, 15) is 0 Å². The third kappa shape index (κ3) is 3.66. The molecule has 122 valence electrons. The molecule has 1 N–H and O–H groups in total. The third-order valence-corrected chi connectivity index (χ3v) is 6.95. The molecule has 2 aliphatic carbocycles. The van der Waals surface area contributed by atoms with Crippen molar-refractivity contribution >= 4 is 0 Å². The van der Waals surface area contributed by atoms with Gasteiger partial charge >= 0.3 is 0 Å². The number of rotatable bonds is 0. The van der Waals surface area contributed by atoms with E-state index in [1.54, 1.807) is 0 Å². The van der Waals surface area contributed by atoms with E-state index in [-0.39, 0.29) is 0 Å². The van der Waals surface area contributed by atoms with Gasteiger partial charge in [-0.25, -0.2) is 0 Å². The second-order valence-corrected chi connectivity index (χ2v) is 9.15. The monoisotopic (exact) mass is 291 g/mol. The minimum absolute atomic E-state index is 0.567. The molecule has 0 spiro atoms. The van der Waals surface area contributed by atoms with Gasteiger partial charge in [-0.2, -0.15) is 0 Å². The van der Waals surface area contributed by atoms with Gasteiger partial charge in [0.1, 0.15) is 0 Å². The van der Waals surface area contributed by atoms with Gasteiger partial charge in [0, 0.05) is 6.04 Å². The van der Waals surface area contributed by atoms with Crippen LogP contribution in [0.1, 0.15) is 97.3 Å². The predicted octanol–water partition coefficient (Wildman–Crippen LogP) is 5.69. The van der Waals surface area contributed by atoms with Crippen LogP contribution in [0.4, 0.5) is 0 Å². The maximum Gasteiger partial charge on any atom is 0.0149 e. The first-order valence-corrected chi connectivity index (χ1v) is 9.85. The Morgan fingerprint density at radius 3 is 2.43 bits per heavy atom. The highest BCUT2D eigenvalue weighted by Crippen LogP contribution is 2.55. The van der Waals surface area contributed by atoms with Gasteiger partial charge in [-0.15, -0.1) is 0 Å². The van der Waals surface area contributed by atoms with Crippen LogP contribution in [-0.4, -0.2) is 12.6 Å². The fourth-order valence-electron chi connectivity index (χ4n) is 6.17. The van der Waals surface area contributed by atoms with Gasteiger partial charge in [0.25, 0.3) is 0 Å². The molecule has 1 heteroatoms. The lowest BCUT2D eigenvalue weighted by atomic mass is 9.53. The quantitative estimate of drug-likeness (QED) is 0.605. The van der Waals surface area contributed by atoms with Crippen LogP contribution in [0.15, 0.2) is 0 Å². The first-order chi connectivity index (χ1) is 10.1. The van der Waals surface area contributed by atoms with Gasteiger partial charge in [-0.1, -0.05) is 58.8 Å². The topological polar surface area (TPSA) is 12.0 Å². The lowest BCUT2D eigenvalue weighted by Gasteiger charge is -2.55. The van der Waals surface area contributed by atoms with E-state index >= 15 is 0 Å². The van der Waals surface area contributed by atoms with E-state index < -0.39 is 0 Å². The third-order valence-electron chi connectivity index (χ3n) is 6.95. The van der Waals surface area contributed by atoms with Crippen molar-refractivity contribution in [3.63, 3.8) is 0 Å². The van der Waals surface area contributed by atoms with Crippen molar-refractivity contribution in [2.75, 3.05) is 6.54 Å². The standard InChI is InChI=1S/C20H37N/c1-19-12-8-5-3-4-7-11-17(15-19)18-20(2,16-19)13-9-6-10-14-21-18/h17-18,21H,3-16H2,1-2H3/t17?,18?,19-,20-/m1/s1. The lowest BCUT2D eigenvalue weighted by Crippen LogP contribution is -2.56. The van der Waals surface area contributed by atoms with E-state index in [2.05, 4.69) is 19.2 Å². The Morgan fingerprint density at radius 1 is 0.810 bits per heavy atom. The smallest absolute Gasteiger partial charge is 0.0149 e. The molecule has 0 aromatic carbocycles. The fourth-order valence-corrected chi connectivity index (χ4v) is 6.17. The van der Waals surface area contributed by atoms with Crippen molar-refractivity contribution in [3.05, 3.63) is 0 Å². The van der Waals surface area contributed by atoms with Crippen LogP contribution in [0, 0.1) is 16.7 Å². The van der Waals surface area contributed by atoms with Gasteiger partial charge in [-0.05, 0) is 61.8 Å². The Kier molecular flexibility index (Phi) is 4.98. The SMILES string of the molecule is C[C@@]12CCCCCCCC(C1)C1NCCCCC[C@]1(C)C2. The van der Waals surface area contributed by atoms with Gasteiger partial charge in [-0.3, -0.25) is 0 Å². The second kappa shape index (κ2) is 6.60. The van der Waals surface area contributed by atoms with Crippen LogP contribution in [-0.2, 0) is 0 Å². The summed E-state index contributed by atoms with van der Waals surface area (Å²) in [6.45, 7) is 6.53. The number of hydrogen-bond acceptors (Lipinski definition) is 1. The van der Waals surface area contributed by atoms with Crippen molar-refractivity contribution in [3.8, 4) is 0 Å². The van der Waals surface area contributed by atoms with Gasteiger partial charge < -0.3 is 5.32 Å². The molecule has 3 aliphatic rings. The summed E-state index contributed by atoms with van der Waals surface area (Å²) in [5, 5.41) is 4.02. The van der Waals surface area contributed by atoms with E-state index in [0.717, 1.165) is 12.0 Å². The molecule has 1 heterocycles. The first-order valence-electron chi connectivity index (χ1n) is 9.85. The maximum absolute atomic E-state index is 4.02. The number of hydrogen-bond donors (Lipinski definition) is 1. The summed E-state index contributed by atoms with van der Waals surface area (Å²) in [4.78, 5) is 0. The van der Waals surface area contributed by atoms with Crippen LogP contribution in [0.25, 0.3) is 0 Å². The summed E-state index contributed by atoms with van der Waals surface area (Å²) in [6.07, 6.45) is 19.2. The summed E-state index contributed by atoms with van der Waals surface area (Å²) in [5.74, 6) is 0.949. The Hall–Kier alpha value is -0.0400. The molecule has 0 amide bonds. The molecule has 0 radical (unpaired) electrons. The molecule has 3 fully saturated rings. The molecule has 1 aliphatic heterocycles. The normalized spacial score (nSPS) is 46.0. The molecule has 3 rings (SSSR count). The number of nitrogens with one attached hydrogen (secondary N) is 1. The van der Waals surface area contributed by atoms with E-state index in [0.29, 0.717) is 10.8 Å². The van der Waals surface area contributed by atoms with Crippen molar-refractivity contribution in [2.45, 2.75) is 103 Å². The van der Waals surface area contributed by atoms with Crippen molar-refractivity contribution in [1.82, 2.24) is 5.32 Å². The Labute approximate surface area is 132 Å². The molecule has 0 aromatic heterocycles. The zero-order valence-electron chi connectivity index (χ0n) is 14.6. The predicted molar refractivity (Wildman–Crippen MR) is 91.5 cm³/mol. The minimum atomic E-state index is 0.567. The van der Waals surface area contributed by atoms with E-state index in [1.165, 1.54) is 90.0 Å². The molecule has 4 atom stereocenters. The van der Waals surface area contributed by atoms with Crippen LogP contribution in [0.5, 0.6) is 0 Å². The van der Waals surface area contributed by atoms with Crippen molar-refractivity contribution < 1.29 is 0 Å². The molecule has 2 bridgehead atoms. The molecule has 2 saturated carbocycles. The highest BCUT2D eigenvalue weighted by atomic mass is 14.9. The van der Waals surface area contributed by atoms with Crippen molar-refractivity contribution in [2.24, 2.45) is 16.7 Å². The van der Waals surface area contributed by atoms with Crippen LogP contribution >= 0.6 is 0 Å². The molecular weight excluding hydrogens is 254 g/mol. The average molecular weight is 292 g/mol. The molecule has 0 aromatic rings. The zero-order chi connectivity index (χ0) is 14.8. The maximum atomic E-state index is 4.02. The lowest BCUT2D eigenvalue weighted by molar-refractivity contribution is -0.0193. The first kappa shape index (κ1) is 15.8. The molecule has 1 nitrogen and oxygen atoms in total. The Balaban J connectivity index is 1.83. The summed E-state index contributed by atoms with van der Waals surface area (Å²) in [6, 6.07) is 0.810.